The largest absolute Gasteiger partial charge is 0.379 e. The molecule has 2 aromatic rings. The summed E-state index contributed by atoms with van der Waals surface area (Å²) in [6, 6.07) is 3.87. The molecule has 0 atom stereocenters. The minimum absolute atomic E-state index is 0.0805. The Morgan fingerprint density at radius 1 is 1.41 bits per heavy atom. The predicted octanol–water partition coefficient (Wildman–Crippen LogP) is 2.74. The summed E-state index contributed by atoms with van der Waals surface area (Å²) in [6.07, 6.45) is 1.85. The van der Waals surface area contributed by atoms with Crippen LogP contribution in [0.2, 0.25) is 0 Å². The van der Waals surface area contributed by atoms with E-state index in [0.29, 0.717) is 19.1 Å². The van der Waals surface area contributed by atoms with Crippen molar-refractivity contribution in [3.05, 3.63) is 34.1 Å². The van der Waals surface area contributed by atoms with Crippen molar-refractivity contribution in [1.29, 1.82) is 0 Å². The van der Waals surface area contributed by atoms with Crippen LogP contribution in [0.4, 0.5) is 0 Å². The van der Waals surface area contributed by atoms with E-state index in [0.717, 1.165) is 16.7 Å². The zero-order chi connectivity index (χ0) is 12.3. The highest BCUT2D eigenvalue weighted by atomic mass is 32.1. The molecule has 0 aliphatic rings. The van der Waals surface area contributed by atoms with Gasteiger partial charge in [-0.15, -0.1) is 11.3 Å². The van der Waals surface area contributed by atoms with Gasteiger partial charge in [0.2, 0.25) is 0 Å². The Labute approximate surface area is 105 Å². The summed E-state index contributed by atoms with van der Waals surface area (Å²) < 4.78 is 8.26. The highest BCUT2D eigenvalue weighted by molar-refractivity contribution is 7.17. The Morgan fingerprint density at radius 3 is 3.00 bits per heavy atom. The molecule has 0 radical (unpaired) electrons. The number of thiophene rings is 1. The quantitative estimate of drug-likeness (QED) is 0.765. The second-order valence-electron chi connectivity index (χ2n) is 4.48. The summed E-state index contributed by atoms with van der Waals surface area (Å²) in [5, 5.41) is 2.76. The lowest BCUT2D eigenvalue weighted by Gasteiger charge is -2.08. The lowest BCUT2D eigenvalue weighted by Crippen LogP contribution is -2.21. The van der Waals surface area contributed by atoms with E-state index >= 15 is 0 Å². The second-order valence-corrected chi connectivity index (χ2v) is 5.43. The summed E-state index contributed by atoms with van der Waals surface area (Å²) in [4.78, 5) is 12.0. The number of aromatic nitrogens is 1. The van der Waals surface area contributed by atoms with Crippen molar-refractivity contribution >= 4 is 21.4 Å². The number of nitrogens with zero attached hydrogens (tertiary/aromatic N) is 1. The summed E-state index contributed by atoms with van der Waals surface area (Å²) in [5.41, 5.74) is 0.0805. The zero-order valence-electron chi connectivity index (χ0n) is 10.2. The maximum atomic E-state index is 12.0. The molecule has 0 aliphatic carbocycles. The average molecular weight is 251 g/mol. The molecule has 0 amide bonds. The molecular formula is C13H17NO2S. The van der Waals surface area contributed by atoms with Gasteiger partial charge in [-0.1, -0.05) is 13.8 Å². The molecule has 2 rings (SSSR count). The van der Waals surface area contributed by atoms with Crippen molar-refractivity contribution in [2.45, 2.75) is 20.4 Å². The van der Waals surface area contributed by atoms with E-state index in [1.807, 2.05) is 23.7 Å². The highest BCUT2D eigenvalue weighted by Gasteiger charge is 2.03. The van der Waals surface area contributed by atoms with E-state index < -0.39 is 0 Å². The smallest absolute Gasteiger partial charge is 0.259 e. The Kier molecular flexibility index (Phi) is 3.97. The van der Waals surface area contributed by atoms with Gasteiger partial charge in [-0.25, -0.2) is 0 Å². The topological polar surface area (TPSA) is 31.2 Å². The summed E-state index contributed by atoms with van der Waals surface area (Å²) in [6.45, 7) is 6.19. The molecule has 0 saturated heterocycles. The first-order valence-corrected chi connectivity index (χ1v) is 6.71. The van der Waals surface area contributed by atoms with Crippen LogP contribution in [0.15, 0.2) is 28.5 Å². The van der Waals surface area contributed by atoms with Crippen molar-refractivity contribution in [1.82, 2.24) is 4.57 Å². The number of hydrogen-bond acceptors (Lipinski definition) is 3. The fraction of sp³-hybridized carbons (Fsp3) is 0.462. The molecule has 3 nitrogen and oxygen atoms in total. The fourth-order valence-electron chi connectivity index (χ4n) is 1.66. The van der Waals surface area contributed by atoms with Gasteiger partial charge in [0.1, 0.15) is 0 Å². The van der Waals surface area contributed by atoms with Gasteiger partial charge in [0.25, 0.3) is 5.56 Å². The maximum Gasteiger partial charge on any atom is 0.259 e. The average Bonchev–Trinajstić information content (AvgIpc) is 2.75. The van der Waals surface area contributed by atoms with Crippen LogP contribution < -0.4 is 5.56 Å². The van der Waals surface area contributed by atoms with Gasteiger partial charge in [-0.2, -0.15) is 0 Å². The molecule has 0 bridgehead atoms. The van der Waals surface area contributed by atoms with Crippen LogP contribution >= 0.6 is 11.3 Å². The Morgan fingerprint density at radius 2 is 2.24 bits per heavy atom. The van der Waals surface area contributed by atoms with Crippen LogP contribution in [0.5, 0.6) is 0 Å². The highest BCUT2D eigenvalue weighted by Crippen LogP contribution is 2.15. The van der Waals surface area contributed by atoms with E-state index in [1.165, 1.54) is 0 Å². The van der Waals surface area contributed by atoms with Gasteiger partial charge in [0, 0.05) is 24.0 Å². The van der Waals surface area contributed by atoms with Crippen molar-refractivity contribution in [3.8, 4) is 0 Å². The van der Waals surface area contributed by atoms with Gasteiger partial charge in [-0.3, -0.25) is 4.79 Å². The van der Waals surface area contributed by atoms with E-state index in [4.69, 9.17) is 4.74 Å². The standard InChI is InChI=1S/C13H17NO2S/c1-10(2)9-16-7-6-14-5-3-12-11(13(14)15)4-8-17-12/h3-5,8,10H,6-7,9H2,1-2H3. The third-order valence-corrected chi connectivity index (χ3v) is 3.40. The minimum atomic E-state index is 0.0805. The minimum Gasteiger partial charge on any atom is -0.379 e. The molecule has 0 aromatic carbocycles. The Balaban J connectivity index is 2.04. The maximum absolute atomic E-state index is 12.0. The molecule has 0 saturated carbocycles. The normalized spacial score (nSPS) is 11.5. The number of fused-ring (bicyclic) bond motifs is 1. The molecule has 17 heavy (non-hydrogen) atoms. The lowest BCUT2D eigenvalue weighted by molar-refractivity contribution is 0.102. The van der Waals surface area contributed by atoms with E-state index in [2.05, 4.69) is 13.8 Å². The first-order valence-electron chi connectivity index (χ1n) is 5.83. The first-order chi connectivity index (χ1) is 8.18. The van der Waals surface area contributed by atoms with E-state index in [9.17, 15) is 4.79 Å². The van der Waals surface area contributed by atoms with Crippen molar-refractivity contribution in [3.63, 3.8) is 0 Å². The monoisotopic (exact) mass is 251 g/mol. The summed E-state index contributed by atoms with van der Waals surface area (Å²) in [7, 11) is 0. The van der Waals surface area contributed by atoms with Crippen molar-refractivity contribution in [2.75, 3.05) is 13.2 Å². The SMILES string of the molecule is CC(C)COCCn1ccc2sccc2c1=O. The lowest BCUT2D eigenvalue weighted by atomic mass is 10.2. The molecule has 0 fully saturated rings. The third kappa shape index (κ3) is 2.96. The first kappa shape index (κ1) is 12.3. The van der Waals surface area contributed by atoms with Gasteiger partial charge in [0.15, 0.2) is 0 Å². The molecule has 0 aliphatic heterocycles. The summed E-state index contributed by atoms with van der Waals surface area (Å²) >= 11 is 1.60. The molecular weight excluding hydrogens is 234 g/mol. The number of ether oxygens (including phenoxy) is 1. The van der Waals surface area contributed by atoms with Crippen LogP contribution in [-0.2, 0) is 11.3 Å². The van der Waals surface area contributed by atoms with Gasteiger partial charge < -0.3 is 9.30 Å². The van der Waals surface area contributed by atoms with E-state index in [1.54, 1.807) is 15.9 Å². The van der Waals surface area contributed by atoms with Crippen LogP contribution in [0, 0.1) is 5.92 Å². The number of rotatable bonds is 5. The van der Waals surface area contributed by atoms with Crippen LogP contribution in [0.3, 0.4) is 0 Å². The zero-order valence-corrected chi connectivity index (χ0v) is 11.0. The van der Waals surface area contributed by atoms with Gasteiger partial charge in [-0.05, 0) is 23.4 Å². The van der Waals surface area contributed by atoms with Crippen LogP contribution in [-0.4, -0.2) is 17.8 Å². The molecule has 2 heterocycles. The fourth-order valence-corrected chi connectivity index (χ4v) is 2.44. The predicted molar refractivity (Wildman–Crippen MR) is 71.7 cm³/mol. The van der Waals surface area contributed by atoms with Crippen molar-refractivity contribution in [2.24, 2.45) is 5.92 Å². The summed E-state index contributed by atoms with van der Waals surface area (Å²) in [5.74, 6) is 0.533. The molecule has 2 aromatic heterocycles. The molecule has 4 heteroatoms. The van der Waals surface area contributed by atoms with E-state index in [-0.39, 0.29) is 5.56 Å². The number of hydrogen-bond donors (Lipinski definition) is 0. The second kappa shape index (κ2) is 5.47. The van der Waals surface area contributed by atoms with Crippen LogP contribution in [0.1, 0.15) is 13.8 Å². The molecule has 92 valence electrons. The Hall–Kier alpha value is -1.13. The molecule has 0 N–H and O–H groups in total. The van der Waals surface area contributed by atoms with Crippen LogP contribution in [0.25, 0.3) is 10.1 Å². The molecule has 0 unspecified atom stereocenters. The number of pyridine rings is 1. The van der Waals surface area contributed by atoms with Gasteiger partial charge in [0.05, 0.1) is 12.0 Å². The third-order valence-electron chi connectivity index (χ3n) is 2.52. The van der Waals surface area contributed by atoms with Crippen molar-refractivity contribution < 1.29 is 4.74 Å². The molecule has 0 spiro atoms. The van der Waals surface area contributed by atoms with Gasteiger partial charge >= 0.3 is 0 Å². The Bertz CT molecular complexity index is 542.